The third kappa shape index (κ3) is 6.10. The standard InChI is InChI=1S/C24H32N4O3/c29-23(27-14-17-30-18-15-27)21-9-12-28(13-10-21)24(25-11-8-22-7-4-16-31-22)26-19-20-5-2-1-3-6-20/h1-7,16,21H,8-15,17-19H2,(H,25,26). The van der Waals surface area contributed by atoms with Crippen LogP contribution in [0.1, 0.15) is 24.2 Å². The fourth-order valence-corrected chi connectivity index (χ4v) is 4.15. The highest BCUT2D eigenvalue weighted by Crippen LogP contribution is 2.20. The fourth-order valence-electron chi connectivity index (χ4n) is 4.15. The number of benzene rings is 1. The van der Waals surface area contributed by atoms with Crippen molar-refractivity contribution in [1.82, 2.24) is 15.1 Å². The van der Waals surface area contributed by atoms with Gasteiger partial charge in [-0.1, -0.05) is 30.3 Å². The second kappa shape index (κ2) is 11.0. The van der Waals surface area contributed by atoms with Crippen LogP contribution in [0.15, 0.2) is 58.1 Å². The van der Waals surface area contributed by atoms with Crippen LogP contribution in [0, 0.1) is 5.92 Å². The molecule has 0 bridgehead atoms. The first-order valence-electron chi connectivity index (χ1n) is 11.3. The number of furan rings is 1. The summed E-state index contributed by atoms with van der Waals surface area (Å²) in [6, 6.07) is 14.2. The number of aliphatic imine (C=N–C) groups is 1. The summed E-state index contributed by atoms with van der Waals surface area (Å²) in [6.45, 7) is 5.81. The molecule has 1 N–H and O–H groups in total. The van der Waals surface area contributed by atoms with Crippen molar-refractivity contribution in [1.29, 1.82) is 0 Å². The van der Waals surface area contributed by atoms with Gasteiger partial charge < -0.3 is 24.3 Å². The number of morpholine rings is 1. The van der Waals surface area contributed by atoms with Crippen LogP contribution in [0.5, 0.6) is 0 Å². The number of carbonyl (C=O) groups excluding carboxylic acids is 1. The van der Waals surface area contributed by atoms with Crippen molar-refractivity contribution >= 4 is 11.9 Å². The van der Waals surface area contributed by atoms with Crippen molar-refractivity contribution in [2.45, 2.75) is 25.8 Å². The smallest absolute Gasteiger partial charge is 0.225 e. The van der Waals surface area contributed by atoms with Crippen molar-refractivity contribution in [2.24, 2.45) is 10.9 Å². The van der Waals surface area contributed by atoms with Gasteiger partial charge in [-0.25, -0.2) is 4.99 Å². The molecule has 0 atom stereocenters. The highest BCUT2D eigenvalue weighted by molar-refractivity contribution is 5.82. The van der Waals surface area contributed by atoms with Crippen LogP contribution in [-0.4, -0.2) is 67.6 Å². The minimum absolute atomic E-state index is 0.104. The number of hydrogen-bond acceptors (Lipinski definition) is 4. The Labute approximate surface area is 184 Å². The first kappa shape index (κ1) is 21.4. The Kier molecular flexibility index (Phi) is 7.60. The molecule has 0 saturated carbocycles. The van der Waals surface area contributed by atoms with Crippen LogP contribution >= 0.6 is 0 Å². The van der Waals surface area contributed by atoms with E-state index in [4.69, 9.17) is 14.1 Å². The molecule has 1 amide bonds. The third-order valence-electron chi connectivity index (χ3n) is 5.96. The summed E-state index contributed by atoms with van der Waals surface area (Å²) >= 11 is 0. The van der Waals surface area contributed by atoms with E-state index in [9.17, 15) is 4.79 Å². The summed E-state index contributed by atoms with van der Waals surface area (Å²) < 4.78 is 10.8. The quantitative estimate of drug-likeness (QED) is 0.570. The summed E-state index contributed by atoms with van der Waals surface area (Å²) in [7, 11) is 0. The topological polar surface area (TPSA) is 70.3 Å². The van der Waals surface area contributed by atoms with E-state index < -0.39 is 0 Å². The van der Waals surface area contributed by atoms with Gasteiger partial charge in [-0.2, -0.15) is 0 Å². The Morgan fingerprint density at radius 1 is 1.00 bits per heavy atom. The van der Waals surface area contributed by atoms with Crippen LogP contribution in [0.25, 0.3) is 0 Å². The zero-order valence-corrected chi connectivity index (χ0v) is 18.0. The average Bonchev–Trinajstić information content (AvgIpc) is 3.36. The van der Waals surface area contributed by atoms with Crippen molar-refractivity contribution in [3.8, 4) is 0 Å². The summed E-state index contributed by atoms with van der Waals surface area (Å²) in [5, 5.41) is 3.51. The number of piperidine rings is 1. The summed E-state index contributed by atoms with van der Waals surface area (Å²) in [4.78, 5) is 22.0. The molecule has 2 aromatic rings. The fraction of sp³-hybridized carbons (Fsp3) is 0.500. The molecule has 2 aliphatic heterocycles. The van der Waals surface area contributed by atoms with Crippen molar-refractivity contribution < 1.29 is 13.9 Å². The molecule has 0 spiro atoms. The second-order valence-corrected chi connectivity index (χ2v) is 8.08. The van der Waals surface area contributed by atoms with E-state index in [0.717, 1.165) is 63.7 Å². The molecule has 7 heteroatoms. The van der Waals surface area contributed by atoms with E-state index in [1.807, 2.05) is 35.2 Å². The predicted octanol–water partition coefficient (Wildman–Crippen LogP) is 2.54. The number of nitrogens with zero attached hydrogens (tertiary/aromatic N) is 3. The number of ether oxygens (including phenoxy) is 1. The maximum atomic E-state index is 12.8. The number of nitrogens with one attached hydrogen (secondary N) is 1. The van der Waals surface area contributed by atoms with E-state index in [0.29, 0.717) is 19.8 Å². The molecule has 0 aliphatic carbocycles. The molecule has 3 heterocycles. The Morgan fingerprint density at radius 2 is 1.77 bits per heavy atom. The number of carbonyl (C=O) groups is 1. The average molecular weight is 425 g/mol. The highest BCUT2D eigenvalue weighted by atomic mass is 16.5. The lowest BCUT2D eigenvalue weighted by Gasteiger charge is -2.36. The maximum absolute atomic E-state index is 12.8. The molecule has 0 radical (unpaired) electrons. The molecular formula is C24H32N4O3. The Hall–Kier alpha value is -2.80. The minimum Gasteiger partial charge on any atom is -0.469 e. The SMILES string of the molecule is O=C(C1CCN(C(=NCc2ccccc2)NCCc2ccco2)CC1)N1CCOCC1. The van der Waals surface area contributed by atoms with Crippen LogP contribution in [-0.2, 0) is 22.5 Å². The molecule has 2 saturated heterocycles. The van der Waals surface area contributed by atoms with E-state index >= 15 is 0 Å². The predicted molar refractivity (Wildman–Crippen MR) is 120 cm³/mol. The largest absolute Gasteiger partial charge is 0.469 e. The molecule has 2 aliphatic rings. The third-order valence-corrected chi connectivity index (χ3v) is 5.96. The molecule has 4 rings (SSSR count). The zero-order valence-electron chi connectivity index (χ0n) is 18.0. The number of hydrogen-bond donors (Lipinski definition) is 1. The van der Waals surface area contributed by atoms with Gasteiger partial charge >= 0.3 is 0 Å². The van der Waals surface area contributed by atoms with Gasteiger partial charge in [-0.05, 0) is 30.5 Å². The normalized spacial score (nSPS) is 18.3. The lowest BCUT2D eigenvalue weighted by Crippen LogP contribution is -2.50. The van der Waals surface area contributed by atoms with Gasteiger partial charge in [0.25, 0.3) is 0 Å². The van der Waals surface area contributed by atoms with E-state index in [2.05, 4.69) is 22.3 Å². The van der Waals surface area contributed by atoms with Crippen molar-refractivity contribution in [3.05, 3.63) is 60.1 Å². The molecule has 31 heavy (non-hydrogen) atoms. The van der Waals surface area contributed by atoms with Gasteiger partial charge in [0.05, 0.1) is 26.0 Å². The number of rotatable bonds is 6. The van der Waals surface area contributed by atoms with Crippen LogP contribution < -0.4 is 5.32 Å². The lowest BCUT2D eigenvalue weighted by atomic mass is 9.95. The molecule has 7 nitrogen and oxygen atoms in total. The van der Waals surface area contributed by atoms with Gasteiger partial charge in [0.2, 0.25) is 5.91 Å². The first-order valence-corrected chi connectivity index (χ1v) is 11.3. The van der Waals surface area contributed by atoms with E-state index in [1.165, 1.54) is 5.56 Å². The van der Waals surface area contributed by atoms with Gasteiger partial charge in [0, 0.05) is 45.1 Å². The second-order valence-electron chi connectivity index (χ2n) is 8.08. The van der Waals surface area contributed by atoms with Crippen molar-refractivity contribution in [2.75, 3.05) is 45.9 Å². The van der Waals surface area contributed by atoms with Crippen molar-refractivity contribution in [3.63, 3.8) is 0 Å². The highest BCUT2D eigenvalue weighted by Gasteiger charge is 2.30. The van der Waals surface area contributed by atoms with Gasteiger partial charge in [0.1, 0.15) is 5.76 Å². The first-order chi connectivity index (χ1) is 15.3. The van der Waals surface area contributed by atoms with Gasteiger partial charge in [0.15, 0.2) is 5.96 Å². The molecule has 166 valence electrons. The monoisotopic (exact) mass is 424 g/mol. The van der Waals surface area contributed by atoms with Gasteiger partial charge in [-0.3, -0.25) is 4.79 Å². The summed E-state index contributed by atoms with van der Waals surface area (Å²) in [5.74, 6) is 2.27. The number of guanidine groups is 1. The molecular weight excluding hydrogens is 392 g/mol. The lowest BCUT2D eigenvalue weighted by molar-refractivity contribution is -0.140. The van der Waals surface area contributed by atoms with Gasteiger partial charge in [-0.15, -0.1) is 0 Å². The van der Waals surface area contributed by atoms with Crippen LogP contribution in [0.4, 0.5) is 0 Å². The van der Waals surface area contributed by atoms with Crippen LogP contribution in [0.3, 0.4) is 0 Å². The number of amides is 1. The minimum atomic E-state index is 0.104. The molecule has 1 aromatic heterocycles. The van der Waals surface area contributed by atoms with Crippen LogP contribution in [0.2, 0.25) is 0 Å². The number of likely N-dealkylation sites (tertiary alicyclic amines) is 1. The Morgan fingerprint density at radius 3 is 2.48 bits per heavy atom. The zero-order chi connectivity index (χ0) is 21.3. The van der Waals surface area contributed by atoms with E-state index in [-0.39, 0.29) is 11.8 Å². The molecule has 0 unspecified atom stereocenters. The Balaban J connectivity index is 1.34. The molecule has 1 aromatic carbocycles. The Bertz CT molecular complexity index is 824. The molecule has 2 fully saturated rings. The van der Waals surface area contributed by atoms with E-state index in [1.54, 1.807) is 6.26 Å². The maximum Gasteiger partial charge on any atom is 0.225 e. The summed E-state index contributed by atoms with van der Waals surface area (Å²) in [5.41, 5.74) is 1.19. The summed E-state index contributed by atoms with van der Waals surface area (Å²) in [6.07, 6.45) is 4.24.